The molecule has 0 atom stereocenters. The average molecular weight is 342 g/mol. The zero-order valence-corrected chi connectivity index (χ0v) is 15.1. The highest BCUT2D eigenvalue weighted by atomic mass is 16.5. The van der Waals surface area contributed by atoms with Crippen molar-refractivity contribution in [2.24, 2.45) is 5.73 Å². The number of amides is 1. The molecule has 0 unspecified atom stereocenters. The average Bonchev–Trinajstić information content (AvgIpc) is 3.07. The maximum Gasteiger partial charge on any atom is 0.258 e. The van der Waals surface area contributed by atoms with Crippen LogP contribution >= 0.6 is 0 Å². The lowest BCUT2D eigenvalue weighted by Crippen LogP contribution is -2.40. The van der Waals surface area contributed by atoms with Crippen molar-refractivity contribution in [3.05, 3.63) is 35.7 Å². The van der Waals surface area contributed by atoms with E-state index >= 15 is 0 Å². The molecule has 1 aromatic carbocycles. The minimum atomic E-state index is -0.209. The van der Waals surface area contributed by atoms with Crippen LogP contribution in [0, 0.1) is 0 Å². The number of rotatable bonds is 3. The Hall–Kier alpha value is -2.21. The van der Waals surface area contributed by atoms with E-state index in [1.165, 1.54) is 0 Å². The van der Waals surface area contributed by atoms with E-state index in [2.05, 4.69) is 15.5 Å². The summed E-state index contributed by atoms with van der Waals surface area (Å²) in [6.45, 7) is 6.07. The van der Waals surface area contributed by atoms with Gasteiger partial charge in [0.15, 0.2) is 5.82 Å². The molecule has 1 fully saturated rings. The summed E-state index contributed by atoms with van der Waals surface area (Å²) in [4.78, 5) is 17.2. The Bertz CT molecular complexity index is 740. The zero-order valence-electron chi connectivity index (χ0n) is 15.1. The highest BCUT2D eigenvalue weighted by Crippen LogP contribution is 2.26. The second-order valence-electron chi connectivity index (χ2n) is 7.80. The number of carbonyl (C=O) groups excluding carboxylic acids is 1. The summed E-state index contributed by atoms with van der Waals surface area (Å²) in [7, 11) is 0. The number of nitrogens with zero attached hydrogens (tertiary/aromatic N) is 2. The van der Waals surface area contributed by atoms with Crippen LogP contribution in [0.3, 0.4) is 0 Å². The third-order valence-corrected chi connectivity index (χ3v) is 4.61. The molecule has 1 aromatic heterocycles. The van der Waals surface area contributed by atoms with Crippen LogP contribution in [-0.4, -0.2) is 28.1 Å². The first-order valence-electron chi connectivity index (χ1n) is 8.84. The normalized spacial score (nSPS) is 21.1. The third kappa shape index (κ3) is 4.07. The lowest BCUT2D eigenvalue weighted by Gasteiger charge is -2.27. The molecular formula is C19H26N4O2. The monoisotopic (exact) mass is 342 g/mol. The SMILES string of the molecule is CC(C)(C)c1noc(-c2ccccc2C(=O)NC2CCC(N)CC2)n1. The van der Waals surface area contributed by atoms with Crippen molar-refractivity contribution in [2.45, 2.75) is 64.0 Å². The molecule has 0 saturated heterocycles. The minimum Gasteiger partial charge on any atom is -0.349 e. The van der Waals surface area contributed by atoms with Gasteiger partial charge in [-0.05, 0) is 37.8 Å². The summed E-state index contributed by atoms with van der Waals surface area (Å²) in [6, 6.07) is 7.78. The first-order chi connectivity index (χ1) is 11.8. The van der Waals surface area contributed by atoms with Crippen LogP contribution in [0.15, 0.2) is 28.8 Å². The maximum absolute atomic E-state index is 12.8. The van der Waals surface area contributed by atoms with Crippen LogP contribution in [0.5, 0.6) is 0 Å². The molecule has 0 bridgehead atoms. The number of benzene rings is 1. The van der Waals surface area contributed by atoms with Gasteiger partial charge in [-0.15, -0.1) is 0 Å². The van der Waals surface area contributed by atoms with Crippen LogP contribution in [0.4, 0.5) is 0 Å². The first-order valence-corrected chi connectivity index (χ1v) is 8.84. The van der Waals surface area contributed by atoms with Crippen molar-refractivity contribution in [3.63, 3.8) is 0 Å². The summed E-state index contributed by atoms with van der Waals surface area (Å²) in [5, 5.41) is 7.18. The summed E-state index contributed by atoms with van der Waals surface area (Å²) in [5.74, 6) is 0.895. The van der Waals surface area contributed by atoms with Crippen molar-refractivity contribution in [3.8, 4) is 11.5 Å². The largest absolute Gasteiger partial charge is 0.349 e. The highest BCUT2D eigenvalue weighted by molar-refractivity contribution is 6.00. The van der Waals surface area contributed by atoms with E-state index in [9.17, 15) is 4.79 Å². The molecule has 1 aliphatic rings. The van der Waals surface area contributed by atoms with Gasteiger partial charge in [0.2, 0.25) is 0 Å². The van der Waals surface area contributed by atoms with Gasteiger partial charge < -0.3 is 15.6 Å². The molecule has 3 N–H and O–H groups in total. The predicted molar refractivity (Wildman–Crippen MR) is 96.1 cm³/mol. The van der Waals surface area contributed by atoms with E-state index in [1.807, 2.05) is 39.0 Å². The molecule has 6 heteroatoms. The quantitative estimate of drug-likeness (QED) is 0.894. The van der Waals surface area contributed by atoms with Crippen molar-refractivity contribution in [1.29, 1.82) is 0 Å². The number of aromatic nitrogens is 2. The van der Waals surface area contributed by atoms with Crippen LogP contribution in [0.25, 0.3) is 11.5 Å². The van der Waals surface area contributed by atoms with Gasteiger partial charge in [-0.25, -0.2) is 0 Å². The molecule has 0 spiro atoms. The molecule has 25 heavy (non-hydrogen) atoms. The van der Waals surface area contributed by atoms with Gasteiger partial charge in [0.25, 0.3) is 11.8 Å². The van der Waals surface area contributed by atoms with Gasteiger partial charge in [0.1, 0.15) is 0 Å². The number of carbonyl (C=O) groups is 1. The summed E-state index contributed by atoms with van der Waals surface area (Å²) in [6.07, 6.45) is 3.74. The van der Waals surface area contributed by atoms with E-state index in [0.717, 1.165) is 25.7 Å². The number of hydrogen-bond donors (Lipinski definition) is 2. The molecule has 2 aromatic rings. The Balaban J connectivity index is 1.81. The Morgan fingerprint density at radius 1 is 1.20 bits per heavy atom. The van der Waals surface area contributed by atoms with Gasteiger partial charge in [-0.1, -0.05) is 38.1 Å². The zero-order chi connectivity index (χ0) is 18.0. The molecule has 134 valence electrons. The fourth-order valence-electron chi connectivity index (χ4n) is 3.03. The Morgan fingerprint density at radius 3 is 2.52 bits per heavy atom. The Labute approximate surface area is 148 Å². The molecule has 3 rings (SSSR count). The molecule has 1 amide bonds. The molecule has 1 heterocycles. The molecular weight excluding hydrogens is 316 g/mol. The fraction of sp³-hybridized carbons (Fsp3) is 0.526. The van der Waals surface area contributed by atoms with Gasteiger partial charge >= 0.3 is 0 Å². The Morgan fingerprint density at radius 2 is 1.88 bits per heavy atom. The van der Waals surface area contributed by atoms with Crippen molar-refractivity contribution < 1.29 is 9.32 Å². The smallest absolute Gasteiger partial charge is 0.258 e. The standard InChI is InChI=1S/C19H26N4O2/c1-19(2,3)18-22-17(25-23-18)15-7-5-4-6-14(15)16(24)21-13-10-8-12(20)9-11-13/h4-7,12-13H,8-11,20H2,1-3H3,(H,21,24). The maximum atomic E-state index is 12.8. The van der Waals surface area contributed by atoms with Gasteiger partial charge in [0, 0.05) is 17.5 Å². The summed E-state index contributed by atoms with van der Waals surface area (Å²) < 4.78 is 5.41. The van der Waals surface area contributed by atoms with E-state index < -0.39 is 0 Å². The van der Waals surface area contributed by atoms with Gasteiger partial charge in [-0.3, -0.25) is 4.79 Å². The van der Waals surface area contributed by atoms with Gasteiger partial charge in [-0.2, -0.15) is 4.98 Å². The third-order valence-electron chi connectivity index (χ3n) is 4.61. The van der Waals surface area contributed by atoms with E-state index in [0.29, 0.717) is 22.8 Å². The highest BCUT2D eigenvalue weighted by Gasteiger charge is 2.25. The number of nitrogens with two attached hydrogens (primary N) is 1. The minimum absolute atomic E-state index is 0.105. The second-order valence-corrected chi connectivity index (χ2v) is 7.80. The fourth-order valence-corrected chi connectivity index (χ4v) is 3.03. The lowest BCUT2D eigenvalue weighted by molar-refractivity contribution is 0.0926. The number of nitrogens with one attached hydrogen (secondary N) is 1. The van der Waals surface area contributed by atoms with E-state index in [-0.39, 0.29) is 23.4 Å². The van der Waals surface area contributed by atoms with Crippen LogP contribution in [0.1, 0.15) is 62.6 Å². The van der Waals surface area contributed by atoms with Crippen LogP contribution in [0.2, 0.25) is 0 Å². The predicted octanol–water partition coefficient (Wildman–Crippen LogP) is 3.03. The first kappa shape index (κ1) is 17.6. The second kappa shape index (κ2) is 6.96. The molecule has 0 aliphatic heterocycles. The molecule has 0 radical (unpaired) electrons. The van der Waals surface area contributed by atoms with Crippen molar-refractivity contribution in [1.82, 2.24) is 15.5 Å². The molecule has 1 aliphatic carbocycles. The van der Waals surface area contributed by atoms with E-state index in [1.54, 1.807) is 6.07 Å². The van der Waals surface area contributed by atoms with Gasteiger partial charge in [0.05, 0.1) is 11.1 Å². The topological polar surface area (TPSA) is 94.0 Å². The summed E-state index contributed by atoms with van der Waals surface area (Å²) >= 11 is 0. The van der Waals surface area contributed by atoms with Crippen LogP contribution in [-0.2, 0) is 5.41 Å². The summed E-state index contributed by atoms with van der Waals surface area (Å²) in [5.41, 5.74) is 6.95. The number of hydrogen-bond acceptors (Lipinski definition) is 5. The van der Waals surface area contributed by atoms with E-state index in [4.69, 9.17) is 10.3 Å². The lowest BCUT2D eigenvalue weighted by atomic mass is 9.91. The van der Waals surface area contributed by atoms with Crippen molar-refractivity contribution >= 4 is 5.91 Å². The molecule has 6 nitrogen and oxygen atoms in total. The Kier molecular flexibility index (Phi) is 4.90. The molecule has 1 saturated carbocycles. The van der Waals surface area contributed by atoms with Crippen molar-refractivity contribution in [2.75, 3.05) is 0 Å². The van der Waals surface area contributed by atoms with Crippen LogP contribution < -0.4 is 11.1 Å².